The van der Waals surface area contributed by atoms with Crippen molar-refractivity contribution < 1.29 is 9.72 Å². The van der Waals surface area contributed by atoms with Gasteiger partial charge in [0.25, 0.3) is 11.6 Å². The van der Waals surface area contributed by atoms with E-state index in [-0.39, 0.29) is 16.4 Å². The van der Waals surface area contributed by atoms with Gasteiger partial charge in [-0.15, -0.1) is 0 Å². The molecule has 30 heavy (non-hydrogen) atoms. The summed E-state index contributed by atoms with van der Waals surface area (Å²) >= 11 is 12.1. The van der Waals surface area contributed by atoms with Crippen LogP contribution in [0.4, 0.5) is 11.4 Å². The molecule has 1 N–H and O–H groups in total. The van der Waals surface area contributed by atoms with Crippen LogP contribution in [-0.2, 0) is 0 Å². The zero-order chi connectivity index (χ0) is 21.3. The molecular formula is C22H13Cl2N3O3. The number of nitro groups is 1. The number of hydrogen-bond acceptors (Lipinski definition) is 4. The fourth-order valence-electron chi connectivity index (χ4n) is 3.04. The van der Waals surface area contributed by atoms with Gasteiger partial charge in [0, 0.05) is 28.1 Å². The van der Waals surface area contributed by atoms with Crippen molar-refractivity contribution in [1.82, 2.24) is 4.98 Å². The Hall–Kier alpha value is -3.48. The monoisotopic (exact) mass is 437 g/mol. The lowest BCUT2D eigenvalue weighted by atomic mass is 10.0. The molecule has 8 heteroatoms. The van der Waals surface area contributed by atoms with Crippen LogP contribution in [0.3, 0.4) is 0 Å². The van der Waals surface area contributed by atoms with Crippen molar-refractivity contribution in [3.63, 3.8) is 0 Å². The van der Waals surface area contributed by atoms with Crippen LogP contribution in [0.25, 0.3) is 22.2 Å². The van der Waals surface area contributed by atoms with E-state index in [9.17, 15) is 14.9 Å². The summed E-state index contributed by atoms with van der Waals surface area (Å²) in [6, 6.07) is 19.9. The van der Waals surface area contributed by atoms with Gasteiger partial charge in [-0.3, -0.25) is 14.9 Å². The number of fused-ring (bicyclic) bond motifs is 1. The number of non-ortho nitro benzene ring substituents is 1. The Bertz CT molecular complexity index is 1290. The molecule has 0 spiro atoms. The van der Waals surface area contributed by atoms with E-state index < -0.39 is 10.8 Å². The van der Waals surface area contributed by atoms with Crippen LogP contribution in [-0.4, -0.2) is 15.8 Å². The molecule has 0 aliphatic rings. The number of nitrogens with one attached hydrogen (secondary N) is 1. The molecule has 0 radical (unpaired) electrons. The van der Waals surface area contributed by atoms with E-state index >= 15 is 0 Å². The number of anilines is 1. The molecule has 6 nitrogen and oxygen atoms in total. The van der Waals surface area contributed by atoms with E-state index in [0.717, 1.165) is 5.56 Å². The van der Waals surface area contributed by atoms with E-state index in [1.54, 1.807) is 24.3 Å². The minimum atomic E-state index is -0.549. The summed E-state index contributed by atoms with van der Waals surface area (Å²) in [6.07, 6.45) is 0. The van der Waals surface area contributed by atoms with Gasteiger partial charge in [-0.25, -0.2) is 4.98 Å². The Morgan fingerprint density at radius 1 is 0.967 bits per heavy atom. The Morgan fingerprint density at radius 2 is 1.70 bits per heavy atom. The largest absolute Gasteiger partial charge is 0.320 e. The molecule has 0 atom stereocenters. The first kappa shape index (κ1) is 19.8. The lowest BCUT2D eigenvalue weighted by Gasteiger charge is -2.11. The second-order valence-electron chi connectivity index (χ2n) is 6.45. The van der Waals surface area contributed by atoms with E-state index in [4.69, 9.17) is 23.2 Å². The SMILES string of the molecule is O=C(Nc1cc([N+](=O)[O-])ccc1Cl)c1cc(-c2ccc(Cl)cc2)nc2ccccc12. The molecule has 4 aromatic rings. The third kappa shape index (κ3) is 3.96. The smallest absolute Gasteiger partial charge is 0.271 e. The molecule has 148 valence electrons. The molecule has 1 amide bonds. The van der Waals surface area contributed by atoms with Crippen molar-refractivity contribution in [3.05, 3.63) is 98.5 Å². The molecule has 4 rings (SSSR count). The molecular weight excluding hydrogens is 425 g/mol. The lowest BCUT2D eigenvalue weighted by Crippen LogP contribution is -2.13. The number of amides is 1. The third-order valence-electron chi connectivity index (χ3n) is 4.51. The summed E-state index contributed by atoms with van der Waals surface area (Å²) in [5.74, 6) is -0.453. The van der Waals surface area contributed by atoms with Crippen molar-refractivity contribution in [3.8, 4) is 11.3 Å². The average Bonchev–Trinajstić information content (AvgIpc) is 2.74. The minimum absolute atomic E-state index is 0.157. The Balaban J connectivity index is 1.79. The Kier molecular flexibility index (Phi) is 5.35. The molecule has 0 aliphatic heterocycles. The van der Waals surface area contributed by atoms with Crippen LogP contribution in [0.2, 0.25) is 10.0 Å². The van der Waals surface area contributed by atoms with Crippen LogP contribution in [0, 0.1) is 10.1 Å². The number of hydrogen-bond donors (Lipinski definition) is 1. The average molecular weight is 438 g/mol. The normalized spacial score (nSPS) is 10.7. The van der Waals surface area contributed by atoms with Crippen molar-refractivity contribution >= 4 is 51.4 Å². The topological polar surface area (TPSA) is 85.1 Å². The van der Waals surface area contributed by atoms with Crippen molar-refractivity contribution in [1.29, 1.82) is 0 Å². The van der Waals surface area contributed by atoms with Crippen LogP contribution in [0.15, 0.2) is 72.8 Å². The zero-order valence-corrected chi connectivity index (χ0v) is 16.8. The third-order valence-corrected chi connectivity index (χ3v) is 5.09. The van der Waals surface area contributed by atoms with Gasteiger partial charge in [-0.05, 0) is 30.3 Å². The molecule has 1 heterocycles. The molecule has 1 aromatic heterocycles. The van der Waals surface area contributed by atoms with Crippen molar-refractivity contribution in [2.24, 2.45) is 0 Å². The van der Waals surface area contributed by atoms with E-state index in [1.807, 2.05) is 30.3 Å². The second kappa shape index (κ2) is 8.10. The number of benzene rings is 3. The number of halogens is 2. The first-order chi connectivity index (χ1) is 14.4. The highest BCUT2D eigenvalue weighted by atomic mass is 35.5. The molecule has 0 bridgehead atoms. The maximum absolute atomic E-state index is 13.1. The zero-order valence-electron chi connectivity index (χ0n) is 15.3. The van der Waals surface area contributed by atoms with Crippen LogP contribution < -0.4 is 5.32 Å². The van der Waals surface area contributed by atoms with E-state index in [2.05, 4.69) is 10.3 Å². The predicted molar refractivity (Wildman–Crippen MR) is 118 cm³/mol. The first-order valence-corrected chi connectivity index (χ1v) is 9.59. The maximum Gasteiger partial charge on any atom is 0.271 e. The van der Waals surface area contributed by atoms with Crippen molar-refractivity contribution in [2.75, 3.05) is 5.32 Å². The highest BCUT2D eigenvalue weighted by molar-refractivity contribution is 6.34. The summed E-state index contributed by atoms with van der Waals surface area (Å²) < 4.78 is 0. The number of nitro benzene ring substituents is 1. The van der Waals surface area contributed by atoms with E-state index in [0.29, 0.717) is 27.2 Å². The van der Waals surface area contributed by atoms with Gasteiger partial charge in [0.1, 0.15) is 0 Å². The van der Waals surface area contributed by atoms with Crippen LogP contribution >= 0.6 is 23.2 Å². The summed E-state index contributed by atoms with van der Waals surface area (Å²) in [6.45, 7) is 0. The predicted octanol–water partition coefficient (Wildman–Crippen LogP) is 6.37. The van der Waals surface area contributed by atoms with Crippen LogP contribution in [0.1, 0.15) is 10.4 Å². The van der Waals surface area contributed by atoms with Crippen molar-refractivity contribution in [2.45, 2.75) is 0 Å². The highest BCUT2D eigenvalue weighted by Crippen LogP contribution is 2.30. The summed E-state index contributed by atoms with van der Waals surface area (Å²) in [7, 11) is 0. The summed E-state index contributed by atoms with van der Waals surface area (Å²) in [5, 5.41) is 15.2. The number of rotatable bonds is 4. The van der Waals surface area contributed by atoms with Gasteiger partial charge in [0.2, 0.25) is 0 Å². The Morgan fingerprint density at radius 3 is 2.43 bits per heavy atom. The van der Waals surface area contributed by atoms with Gasteiger partial charge in [0.05, 0.1) is 32.4 Å². The first-order valence-electron chi connectivity index (χ1n) is 8.83. The standard InChI is InChI=1S/C22H13Cl2N3O3/c23-14-7-5-13(6-8-14)20-12-17(16-3-1-2-4-19(16)25-20)22(28)26-21-11-15(27(29)30)9-10-18(21)24/h1-12H,(H,26,28). The lowest BCUT2D eigenvalue weighted by molar-refractivity contribution is -0.384. The minimum Gasteiger partial charge on any atom is -0.320 e. The number of carbonyl (C=O) groups is 1. The highest BCUT2D eigenvalue weighted by Gasteiger charge is 2.17. The number of pyridine rings is 1. The summed E-state index contributed by atoms with van der Waals surface area (Å²) in [5.41, 5.74) is 2.39. The fraction of sp³-hybridized carbons (Fsp3) is 0. The number of nitrogens with zero attached hydrogens (tertiary/aromatic N) is 2. The molecule has 3 aromatic carbocycles. The Labute approximate surface area is 181 Å². The van der Waals surface area contributed by atoms with Gasteiger partial charge in [-0.1, -0.05) is 53.5 Å². The molecule has 0 fully saturated rings. The van der Waals surface area contributed by atoms with Gasteiger partial charge >= 0.3 is 0 Å². The van der Waals surface area contributed by atoms with E-state index in [1.165, 1.54) is 18.2 Å². The second-order valence-corrected chi connectivity index (χ2v) is 7.30. The van der Waals surface area contributed by atoms with Gasteiger partial charge < -0.3 is 5.32 Å². The van der Waals surface area contributed by atoms with Crippen LogP contribution in [0.5, 0.6) is 0 Å². The molecule has 0 saturated heterocycles. The maximum atomic E-state index is 13.1. The van der Waals surface area contributed by atoms with Gasteiger partial charge in [-0.2, -0.15) is 0 Å². The molecule has 0 saturated carbocycles. The number of carbonyl (C=O) groups excluding carboxylic acids is 1. The fourth-order valence-corrected chi connectivity index (χ4v) is 3.33. The number of aromatic nitrogens is 1. The quantitative estimate of drug-likeness (QED) is 0.296. The molecule has 0 aliphatic carbocycles. The molecule has 0 unspecified atom stereocenters. The number of para-hydroxylation sites is 1. The van der Waals surface area contributed by atoms with Gasteiger partial charge in [0.15, 0.2) is 0 Å². The summed E-state index contributed by atoms with van der Waals surface area (Å²) in [4.78, 5) is 28.3.